The molecule has 2 heterocycles. The summed E-state index contributed by atoms with van der Waals surface area (Å²) >= 11 is 1.43. The number of aromatic nitrogens is 3. The molecule has 1 aromatic heterocycles. The normalized spacial score (nSPS) is 20.6. The number of nitrogens with zero attached hydrogens (tertiary/aromatic N) is 4. The van der Waals surface area contributed by atoms with E-state index < -0.39 is 5.54 Å². The molecule has 0 unspecified atom stereocenters. The topological polar surface area (TPSA) is 80.1 Å². The predicted octanol–water partition coefficient (Wildman–Crippen LogP) is 3.35. The molecular formula is C20H23N5O2S. The highest BCUT2D eigenvalue weighted by Gasteiger charge is 2.43. The van der Waals surface area contributed by atoms with E-state index in [0.29, 0.717) is 17.6 Å². The van der Waals surface area contributed by atoms with Crippen molar-refractivity contribution in [3.63, 3.8) is 0 Å². The molecule has 0 saturated heterocycles. The molecule has 0 radical (unpaired) electrons. The molecule has 1 N–H and O–H groups in total. The second-order valence-corrected chi connectivity index (χ2v) is 9.21. The van der Waals surface area contributed by atoms with Gasteiger partial charge >= 0.3 is 0 Å². The number of anilines is 2. The molecule has 0 bridgehead atoms. The van der Waals surface area contributed by atoms with Crippen molar-refractivity contribution in [3.8, 4) is 0 Å². The van der Waals surface area contributed by atoms with Gasteiger partial charge < -0.3 is 9.88 Å². The average Bonchev–Trinajstić information content (AvgIpc) is 3.59. The van der Waals surface area contributed by atoms with Crippen LogP contribution in [-0.2, 0) is 9.59 Å². The smallest absolute Gasteiger partial charge is 0.250 e. The number of para-hydroxylation sites is 2. The van der Waals surface area contributed by atoms with Crippen LogP contribution in [0.4, 0.5) is 11.4 Å². The zero-order valence-electron chi connectivity index (χ0n) is 16.0. The molecule has 1 aliphatic heterocycles. The number of carbonyl (C=O) groups excluding carboxylic acids is 2. The molecule has 0 atom stereocenters. The summed E-state index contributed by atoms with van der Waals surface area (Å²) in [7, 11) is 0. The van der Waals surface area contributed by atoms with Gasteiger partial charge in [-0.3, -0.25) is 14.5 Å². The van der Waals surface area contributed by atoms with E-state index in [9.17, 15) is 9.59 Å². The van der Waals surface area contributed by atoms with E-state index in [1.54, 1.807) is 18.7 Å². The quantitative estimate of drug-likeness (QED) is 0.783. The van der Waals surface area contributed by atoms with Crippen molar-refractivity contribution in [2.45, 2.75) is 62.2 Å². The third kappa shape index (κ3) is 2.90. The Hall–Kier alpha value is -2.35. The molecule has 1 aromatic carbocycles. The molecule has 5 rings (SSSR count). The van der Waals surface area contributed by atoms with Crippen LogP contribution in [0, 0.1) is 0 Å². The van der Waals surface area contributed by atoms with Gasteiger partial charge in [0.15, 0.2) is 5.16 Å². The summed E-state index contributed by atoms with van der Waals surface area (Å²) in [5, 5.41) is 12.5. The van der Waals surface area contributed by atoms with E-state index in [1.807, 2.05) is 24.3 Å². The highest BCUT2D eigenvalue weighted by molar-refractivity contribution is 7.99. The summed E-state index contributed by atoms with van der Waals surface area (Å²) in [6, 6.07) is 7.91. The van der Waals surface area contributed by atoms with Gasteiger partial charge in [-0.15, -0.1) is 10.2 Å². The molecule has 7 nitrogen and oxygen atoms in total. The van der Waals surface area contributed by atoms with Gasteiger partial charge in [0, 0.05) is 12.0 Å². The fourth-order valence-electron chi connectivity index (χ4n) is 3.77. The van der Waals surface area contributed by atoms with Gasteiger partial charge in [0.05, 0.1) is 17.1 Å². The summed E-state index contributed by atoms with van der Waals surface area (Å²) in [6.07, 6.45) is 4.68. The fraction of sp³-hybridized carbons (Fsp3) is 0.500. The number of benzene rings is 1. The Balaban J connectivity index is 1.39. The Bertz CT molecular complexity index is 961. The van der Waals surface area contributed by atoms with Gasteiger partial charge in [0.25, 0.3) is 0 Å². The molecular weight excluding hydrogens is 374 g/mol. The molecule has 2 amide bonds. The molecule has 2 aromatic rings. The summed E-state index contributed by atoms with van der Waals surface area (Å²) in [6.45, 7) is 3.55. The first-order valence-corrected chi connectivity index (χ1v) is 10.8. The van der Waals surface area contributed by atoms with Crippen molar-refractivity contribution in [1.29, 1.82) is 0 Å². The Kier molecular flexibility index (Phi) is 4.01. The molecule has 0 spiro atoms. The predicted molar refractivity (Wildman–Crippen MR) is 108 cm³/mol. The number of hydrogen-bond donors (Lipinski definition) is 1. The number of amides is 2. The Morgan fingerprint density at radius 1 is 1.21 bits per heavy atom. The molecule has 2 saturated carbocycles. The van der Waals surface area contributed by atoms with Gasteiger partial charge in [-0.2, -0.15) is 0 Å². The lowest BCUT2D eigenvalue weighted by molar-refractivity contribution is -0.125. The van der Waals surface area contributed by atoms with E-state index in [2.05, 4.69) is 20.1 Å². The van der Waals surface area contributed by atoms with Gasteiger partial charge in [0.2, 0.25) is 11.8 Å². The second-order valence-electron chi connectivity index (χ2n) is 8.26. The minimum absolute atomic E-state index is 0.101. The highest BCUT2D eigenvalue weighted by Crippen LogP contribution is 2.46. The van der Waals surface area contributed by atoms with Crippen molar-refractivity contribution in [2.24, 2.45) is 0 Å². The maximum Gasteiger partial charge on any atom is 0.250 e. The lowest BCUT2D eigenvalue weighted by Crippen LogP contribution is -2.59. The number of fused-ring (bicyclic) bond motifs is 1. The monoisotopic (exact) mass is 397 g/mol. The molecule has 2 aliphatic carbocycles. The number of rotatable bonds is 5. The van der Waals surface area contributed by atoms with Crippen LogP contribution < -0.4 is 10.2 Å². The summed E-state index contributed by atoms with van der Waals surface area (Å²) < 4.78 is 2.25. The van der Waals surface area contributed by atoms with Crippen molar-refractivity contribution in [3.05, 3.63) is 30.1 Å². The van der Waals surface area contributed by atoms with Gasteiger partial charge in [-0.1, -0.05) is 23.9 Å². The molecule has 8 heteroatoms. The Morgan fingerprint density at radius 3 is 2.68 bits per heavy atom. The first-order valence-electron chi connectivity index (χ1n) is 9.78. The van der Waals surface area contributed by atoms with E-state index >= 15 is 0 Å². The summed E-state index contributed by atoms with van der Waals surface area (Å²) in [5.41, 5.74) is 0.456. The Morgan fingerprint density at radius 2 is 1.96 bits per heavy atom. The van der Waals surface area contributed by atoms with E-state index in [4.69, 9.17) is 0 Å². The molecule has 146 valence electrons. The van der Waals surface area contributed by atoms with Crippen LogP contribution in [0.25, 0.3) is 0 Å². The maximum absolute atomic E-state index is 13.2. The summed E-state index contributed by atoms with van der Waals surface area (Å²) in [4.78, 5) is 27.4. The van der Waals surface area contributed by atoms with E-state index in [1.165, 1.54) is 24.6 Å². The number of nitrogens with one attached hydrogen (secondary N) is 1. The molecule has 2 fully saturated rings. The highest BCUT2D eigenvalue weighted by atomic mass is 32.2. The third-order valence-electron chi connectivity index (χ3n) is 5.63. The lowest BCUT2D eigenvalue weighted by atomic mass is 9.96. The van der Waals surface area contributed by atoms with Crippen molar-refractivity contribution in [2.75, 3.05) is 16.0 Å². The van der Waals surface area contributed by atoms with Crippen molar-refractivity contribution in [1.82, 2.24) is 14.8 Å². The maximum atomic E-state index is 13.2. The van der Waals surface area contributed by atoms with Crippen LogP contribution in [0.2, 0.25) is 0 Å². The third-order valence-corrected chi connectivity index (χ3v) is 6.56. The second kappa shape index (κ2) is 6.34. The SMILES string of the molecule is CC1(C)C(=O)Nc2ccccc2N1C(=O)CSc1nnc(C2CC2)n1C1CC1. The number of hydrogen-bond acceptors (Lipinski definition) is 5. The summed E-state index contributed by atoms with van der Waals surface area (Å²) in [5.74, 6) is 1.56. The first-order chi connectivity index (χ1) is 13.5. The minimum atomic E-state index is -0.949. The van der Waals surface area contributed by atoms with E-state index in [0.717, 1.165) is 29.5 Å². The van der Waals surface area contributed by atoms with Crippen LogP contribution in [0.3, 0.4) is 0 Å². The lowest BCUT2D eigenvalue weighted by Gasteiger charge is -2.42. The van der Waals surface area contributed by atoms with Crippen LogP contribution in [0.15, 0.2) is 29.4 Å². The number of carbonyl (C=O) groups is 2. The zero-order valence-corrected chi connectivity index (χ0v) is 16.8. The van der Waals surface area contributed by atoms with Gasteiger partial charge in [-0.25, -0.2) is 0 Å². The fourth-order valence-corrected chi connectivity index (χ4v) is 4.63. The number of thioether (sulfide) groups is 1. The van der Waals surface area contributed by atoms with Crippen LogP contribution >= 0.6 is 11.8 Å². The Labute approximate surface area is 167 Å². The molecule has 28 heavy (non-hydrogen) atoms. The van der Waals surface area contributed by atoms with Crippen LogP contribution in [0.5, 0.6) is 0 Å². The van der Waals surface area contributed by atoms with Crippen molar-refractivity contribution >= 4 is 35.0 Å². The minimum Gasteiger partial charge on any atom is -0.322 e. The average molecular weight is 398 g/mol. The van der Waals surface area contributed by atoms with E-state index in [-0.39, 0.29) is 17.6 Å². The van der Waals surface area contributed by atoms with Crippen molar-refractivity contribution < 1.29 is 9.59 Å². The largest absolute Gasteiger partial charge is 0.322 e. The standard InChI is InChI=1S/C20H23N5O2S/c1-20(2)18(27)21-14-5-3-4-6-15(14)25(20)16(26)11-28-19-23-22-17(12-7-8-12)24(19)13-9-10-13/h3-6,12-13H,7-11H2,1-2H3,(H,21,27). The first kappa shape index (κ1) is 17.7. The zero-order chi connectivity index (χ0) is 19.5. The van der Waals surface area contributed by atoms with Gasteiger partial charge in [0.1, 0.15) is 11.4 Å². The molecule has 3 aliphatic rings. The van der Waals surface area contributed by atoms with Crippen LogP contribution in [-0.4, -0.2) is 37.9 Å². The van der Waals surface area contributed by atoms with Gasteiger partial charge in [-0.05, 0) is 51.7 Å². The van der Waals surface area contributed by atoms with Crippen LogP contribution in [0.1, 0.15) is 57.3 Å².